The van der Waals surface area contributed by atoms with Crippen LogP contribution in [-0.2, 0) is 12.6 Å². The summed E-state index contributed by atoms with van der Waals surface area (Å²) in [6.45, 7) is 1.92. The Morgan fingerprint density at radius 3 is 2.69 bits per heavy atom. The predicted molar refractivity (Wildman–Crippen MR) is 49.5 cm³/mol. The van der Waals surface area contributed by atoms with E-state index in [1.54, 1.807) is 0 Å². The van der Waals surface area contributed by atoms with Crippen molar-refractivity contribution in [2.75, 3.05) is 0 Å². The highest BCUT2D eigenvalue weighted by molar-refractivity contribution is 5.27. The number of hydrogen-bond donors (Lipinski definition) is 1. The van der Waals surface area contributed by atoms with Gasteiger partial charge in [-0.1, -0.05) is 6.92 Å². The number of nitrogens with zero attached hydrogens (tertiary/aromatic N) is 2. The summed E-state index contributed by atoms with van der Waals surface area (Å²) >= 11 is 0. The number of aliphatic hydroxyl groups is 1. The van der Waals surface area contributed by atoms with Gasteiger partial charge in [0.1, 0.15) is 0 Å². The van der Waals surface area contributed by atoms with Crippen LogP contribution in [0.15, 0.2) is 6.07 Å². The standard InChI is InChI=1S/C10H11F3N2O/c1-5-2-7-6(8(16)3-5)4-9(15-14-7)10(11,12)13/h4-5,8,16H,2-3H2,1H3. The topological polar surface area (TPSA) is 46.0 Å². The molecule has 2 unspecified atom stereocenters. The molecule has 1 heterocycles. The molecule has 88 valence electrons. The third-order valence-electron chi connectivity index (χ3n) is 2.72. The van der Waals surface area contributed by atoms with Crippen LogP contribution in [0.5, 0.6) is 0 Å². The van der Waals surface area contributed by atoms with Gasteiger partial charge in [-0.15, -0.1) is 5.10 Å². The number of fused-ring (bicyclic) bond motifs is 1. The van der Waals surface area contributed by atoms with E-state index in [2.05, 4.69) is 10.2 Å². The maximum atomic E-state index is 12.4. The largest absolute Gasteiger partial charge is 0.435 e. The van der Waals surface area contributed by atoms with Gasteiger partial charge in [-0.05, 0) is 24.8 Å². The molecule has 0 bridgehead atoms. The Labute approximate surface area is 90.3 Å². The summed E-state index contributed by atoms with van der Waals surface area (Å²) in [7, 11) is 0. The Morgan fingerprint density at radius 2 is 2.06 bits per heavy atom. The van der Waals surface area contributed by atoms with Crippen LogP contribution in [0.2, 0.25) is 0 Å². The van der Waals surface area contributed by atoms with Gasteiger partial charge in [0.05, 0.1) is 11.8 Å². The lowest BCUT2D eigenvalue weighted by Gasteiger charge is -2.25. The van der Waals surface area contributed by atoms with Crippen molar-refractivity contribution in [3.05, 3.63) is 23.0 Å². The Morgan fingerprint density at radius 1 is 1.38 bits per heavy atom. The lowest BCUT2D eigenvalue weighted by molar-refractivity contribution is -0.141. The third-order valence-corrected chi connectivity index (χ3v) is 2.72. The van der Waals surface area contributed by atoms with E-state index < -0.39 is 18.0 Å². The maximum Gasteiger partial charge on any atom is 0.435 e. The van der Waals surface area contributed by atoms with Crippen LogP contribution < -0.4 is 0 Å². The SMILES string of the molecule is CC1Cc2nnc(C(F)(F)F)cc2C(O)C1. The zero-order chi connectivity index (χ0) is 11.9. The molecule has 0 spiro atoms. The minimum atomic E-state index is -4.51. The van der Waals surface area contributed by atoms with Gasteiger partial charge in [0.15, 0.2) is 5.69 Å². The molecule has 0 aliphatic heterocycles. The molecule has 0 fully saturated rings. The summed E-state index contributed by atoms with van der Waals surface area (Å²) in [5, 5.41) is 16.4. The Balaban J connectivity index is 2.42. The number of rotatable bonds is 0. The van der Waals surface area contributed by atoms with Gasteiger partial charge in [-0.2, -0.15) is 18.3 Å². The lowest BCUT2D eigenvalue weighted by Crippen LogP contribution is -2.21. The molecule has 2 rings (SSSR count). The maximum absolute atomic E-state index is 12.4. The number of aliphatic hydroxyl groups excluding tert-OH is 1. The molecule has 3 nitrogen and oxygen atoms in total. The first kappa shape index (κ1) is 11.3. The summed E-state index contributed by atoms with van der Waals surface area (Å²) in [6.07, 6.45) is -4.34. The molecule has 1 aromatic heterocycles. The molecule has 0 saturated carbocycles. The smallest absolute Gasteiger partial charge is 0.388 e. The van der Waals surface area contributed by atoms with E-state index in [9.17, 15) is 18.3 Å². The van der Waals surface area contributed by atoms with E-state index in [4.69, 9.17) is 0 Å². The zero-order valence-electron chi connectivity index (χ0n) is 8.62. The zero-order valence-corrected chi connectivity index (χ0v) is 8.62. The average Bonchev–Trinajstić information content (AvgIpc) is 2.15. The van der Waals surface area contributed by atoms with Crippen molar-refractivity contribution >= 4 is 0 Å². The van der Waals surface area contributed by atoms with Crippen molar-refractivity contribution in [1.82, 2.24) is 10.2 Å². The van der Waals surface area contributed by atoms with Crippen molar-refractivity contribution in [3.63, 3.8) is 0 Å². The lowest BCUT2D eigenvalue weighted by atomic mass is 9.86. The first-order chi connectivity index (χ1) is 7.38. The van der Waals surface area contributed by atoms with Crippen molar-refractivity contribution in [2.24, 2.45) is 5.92 Å². The molecular weight excluding hydrogens is 221 g/mol. The molecule has 1 aromatic rings. The summed E-state index contributed by atoms with van der Waals surface area (Å²) in [6, 6.07) is 0.902. The van der Waals surface area contributed by atoms with Crippen LogP contribution in [-0.4, -0.2) is 15.3 Å². The van der Waals surface area contributed by atoms with Gasteiger partial charge in [0, 0.05) is 5.56 Å². The van der Waals surface area contributed by atoms with E-state index in [0.29, 0.717) is 18.5 Å². The second-order valence-corrected chi connectivity index (χ2v) is 4.19. The van der Waals surface area contributed by atoms with Gasteiger partial charge in [0.2, 0.25) is 0 Å². The van der Waals surface area contributed by atoms with Crippen LogP contribution in [0.3, 0.4) is 0 Å². The number of aromatic nitrogens is 2. The summed E-state index contributed by atoms with van der Waals surface area (Å²) < 4.78 is 37.1. The van der Waals surface area contributed by atoms with Crippen molar-refractivity contribution < 1.29 is 18.3 Å². The van der Waals surface area contributed by atoms with Gasteiger partial charge < -0.3 is 5.11 Å². The first-order valence-electron chi connectivity index (χ1n) is 4.99. The van der Waals surface area contributed by atoms with Crippen LogP contribution in [0.1, 0.15) is 36.4 Å². The molecule has 0 amide bonds. The molecule has 0 aromatic carbocycles. The molecule has 1 aliphatic rings. The molecule has 6 heteroatoms. The second kappa shape index (κ2) is 3.69. The Kier molecular flexibility index (Phi) is 2.61. The van der Waals surface area contributed by atoms with Crippen LogP contribution in [0.25, 0.3) is 0 Å². The number of alkyl halides is 3. The van der Waals surface area contributed by atoms with E-state index in [0.717, 1.165) is 6.07 Å². The highest BCUT2D eigenvalue weighted by atomic mass is 19.4. The number of hydrogen-bond acceptors (Lipinski definition) is 3. The molecular formula is C10H11F3N2O. The normalized spacial score (nSPS) is 25.3. The molecule has 16 heavy (non-hydrogen) atoms. The van der Waals surface area contributed by atoms with Crippen LogP contribution >= 0.6 is 0 Å². The van der Waals surface area contributed by atoms with Crippen LogP contribution in [0, 0.1) is 5.92 Å². The Bertz CT molecular complexity index is 406. The van der Waals surface area contributed by atoms with Crippen molar-refractivity contribution in [2.45, 2.75) is 32.0 Å². The van der Waals surface area contributed by atoms with Gasteiger partial charge in [-0.25, -0.2) is 0 Å². The van der Waals surface area contributed by atoms with Crippen LogP contribution in [0.4, 0.5) is 13.2 Å². The molecule has 0 saturated heterocycles. The van der Waals surface area contributed by atoms with Gasteiger partial charge in [-0.3, -0.25) is 0 Å². The fourth-order valence-electron chi connectivity index (χ4n) is 1.94. The van der Waals surface area contributed by atoms with E-state index in [1.807, 2.05) is 6.92 Å². The Hall–Kier alpha value is -1.17. The van der Waals surface area contributed by atoms with Gasteiger partial charge in [0.25, 0.3) is 0 Å². The summed E-state index contributed by atoms with van der Waals surface area (Å²) in [5.41, 5.74) is -0.306. The predicted octanol–water partition coefficient (Wildman–Crippen LogP) is 2.11. The number of halogens is 3. The first-order valence-corrected chi connectivity index (χ1v) is 4.99. The third kappa shape index (κ3) is 2.02. The molecule has 1 aliphatic carbocycles. The van der Waals surface area contributed by atoms with E-state index >= 15 is 0 Å². The minimum Gasteiger partial charge on any atom is -0.388 e. The van der Waals surface area contributed by atoms with Gasteiger partial charge >= 0.3 is 6.18 Å². The second-order valence-electron chi connectivity index (χ2n) is 4.19. The van der Waals surface area contributed by atoms with Crippen molar-refractivity contribution in [1.29, 1.82) is 0 Å². The molecule has 0 radical (unpaired) electrons. The fourth-order valence-corrected chi connectivity index (χ4v) is 1.94. The highest BCUT2D eigenvalue weighted by Gasteiger charge is 2.35. The highest BCUT2D eigenvalue weighted by Crippen LogP contribution is 2.35. The fraction of sp³-hybridized carbons (Fsp3) is 0.600. The average molecular weight is 232 g/mol. The molecule has 1 N–H and O–H groups in total. The minimum absolute atomic E-state index is 0.216. The summed E-state index contributed by atoms with van der Waals surface area (Å²) in [4.78, 5) is 0. The monoisotopic (exact) mass is 232 g/mol. The molecule has 2 atom stereocenters. The van der Waals surface area contributed by atoms with E-state index in [-0.39, 0.29) is 11.5 Å². The van der Waals surface area contributed by atoms with E-state index in [1.165, 1.54) is 0 Å². The quantitative estimate of drug-likeness (QED) is 0.745. The van der Waals surface area contributed by atoms with Crippen molar-refractivity contribution in [3.8, 4) is 0 Å². The summed E-state index contributed by atoms with van der Waals surface area (Å²) in [5.74, 6) is 0.216.